The van der Waals surface area contributed by atoms with Gasteiger partial charge >= 0.3 is 0 Å². The molecule has 1 rings (SSSR count). The van der Waals surface area contributed by atoms with Gasteiger partial charge in [-0.05, 0) is 43.0 Å². The van der Waals surface area contributed by atoms with Crippen molar-refractivity contribution in [3.8, 4) is 0 Å². The van der Waals surface area contributed by atoms with Gasteiger partial charge in [-0.3, -0.25) is 0 Å². The van der Waals surface area contributed by atoms with Crippen LogP contribution < -0.4 is 0 Å². The lowest BCUT2D eigenvalue weighted by atomic mass is 9.77. The Balaban J connectivity index is 2.77. The maximum Gasteiger partial charge on any atom is 0.0227 e. The highest BCUT2D eigenvalue weighted by molar-refractivity contribution is 5.28. The molecule has 0 aliphatic carbocycles. The van der Waals surface area contributed by atoms with Gasteiger partial charge in [0.05, 0.1) is 0 Å². The summed E-state index contributed by atoms with van der Waals surface area (Å²) >= 11 is 0. The van der Waals surface area contributed by atoms with Crippen LogP contribution in [-0.2, 0) is 12.0 Å². The minimum Gasteiger partial charge on any atom is -0.305 e. The van der Waals surface area contributed by atoms with Gasteiger partial charge < -0.3 is 4.90 Å². The van der Waals surface area contributed by atoms with Crippen LogP contribution in [0.1, 0.15) is 51.7 Å². The van der Waals surface area contributed by atoms with Gasteiger partial charge in [-0.15, -0.1) is 0 Å². The average Bonchev–Trinajstić information content (AvgIpc) is 2.28. The summed E-state index contributed by atoms with van der Waals surface area (Å²) in [6.07, 6.45) is 2.53. The molecular formula is C17H29N. The molecule has 0 saturated heterocycles. The predicted octanol–water partition coefficient (Wildman–Crippen LogP) is 4.46. The molecule has 18 heavy (non-hydrogen) atoms. The third-order valence-electron chi connectivity index (χ3n) is 3.79. The summed E-state index contributed by atoms with van der Waals surface area (Å²) in [7, 11) is 4.22. The van der Waals surface area contributed by atoms with E-state index in [1.54, 1.807) is 0 Å². The first-order valence-corrected chi connectivity index (χ1v) is 7.09. The van der Waals surface area contributed by atoms with Crippen LogP contribution in [0, 0.1) is 5.92 Å². The number of hydrogen-bond acceptors (Lipinski definition) is 1. The second-order valence-corrected chi connectivity index (χ2v) is 6.54. The van der Waals surface area contributed by atoms with Crippen molar-refractivity contribution in [1.29, 1.82) is 0 Å². The Morgan fingerprint density at radius 1 is 1.11 bits per heavy atom. The molecule has 1 unspecified atom stereocenters. The fourth-order valence-corrected chi connectivity index (χ4v) is 2.56. The summed E-state index contributed by atoms with van der Waals surface area (Å²) in [5.41, 5.74) is 3.14. The highest BCUT2D eigenvalue weighted by Crippen LogP contribution is 2.31. The van der Waals surface area contributed by atoms with E-state index < -0.39 is 0 Å². The van der Waals surface area contributed by atoms with Gasteiger partial charge in [-0.25, -0.2) is 0 Å². The molecule has 0 aromatic heterocycles. The average molecular weight is 247 g/mol. The summed E-state index contributed by atoms with van der Waals surface area (Å²) in [4.78, 5) is 2.21. The SMILES string of the molecule is CCC(C)CC(C)(C)c1ccc(CN(C)C)cc1. The molecule has 0 heterocycles. The van der Waals surface area contributed by atoms with Crippen molar-refractivity contribution in [3.05, 3.63) is 35.4 Å². The molecule has 1 aromatic carbocycles. The van der Waals surface area contributed by atoms with E-state index in [-0.39, 0.29) is 5.41 Å². The fourth-order valence-electron chi connectivity index (χ4n) is 2.56. The molecule has 0 fully saturated rings. The van der Waals surface area contributed by atoms with Crippen LogP contribution in [0.25, 0.3) is 0 Å². The van der Waals surface area contributed by atoms with E-state index in [1.807, 2.05) is 0 Å². The zero-order chi connectivity index (χ0) is 13.8. The largest absolute Gasteiger partial charge is 0.305 e. The zero-order valence-electron chi connectivity index (χ0n) is 13.0. The Hall–Kier alpha value is -0.820. The summed E-state index contributed by atoms with van der Waals surface area (Å²) in [5, 5.41) is 0. The summed E-state index contributed by atoms with van der Waals surface area (Å²) in [5.74, 6) is 0.793. The van der Waals surface area contributed by atoms with Crippen LogP contribution in [0.2, 0.25) is 0 Å². The smallest absolute Gasteiger partial charge is 0.0227 e. The monoisotopic (exact) mass is 247 g/mol. The van der Waals surface area contributed by atoms with E-state index in [1.165, 1.54) is 24.0 Å². The Labute approximate surface area is 113 Å². The molecule has 0 aliphatic rings. The van der Waals surface area contributed by atoms with Crippen molar-refractivity contribution in [2.75, 3.05) is 14.1 Å². The van der Waals surface area contributed by atoms with Gasteiger partial charge in [0.1, 0.15) is 0 Å². The van der Waals surface area contributed by atoms with Gasteiger partial charge in [0.15, 0.2) is 0 Å². The van der Waals surface area contributed by atoms with E-state index in [4.69, 9.17) is 0 Å². The minimum absolute atomic E-state index is 0.284. The van der Waals surface area contributed by atoms with Gasteiger partial charge in [-0.1, -0.05) is 58.4 Å². The molecule has 0 saturated carbocycles. The Bertz CT molecular complexity index is 348. The molecule has 1 aromatic rings. The van der Waals surface area contributed by atoms with Crippen molar-refractivity contribution < 1.29 is 0 Å². The van der Waals surface area contributed by atoms with E-state index in [0.29, 0.717) is 0 Å². The van der Waals surface area contributed by atoms with E-state index in [2.05, 4.69) is 71.0 Å². The third-order valence-corrected chi connectivity index (χ3v) is 3.79. The van der Waals surface area contributed by atoms with Crippen molar-refractivity contribution in [2.45, 2.75) is 52.5 Å². The lowest BCUT2D eigenvalue weighted by Crippen LogP contribution is -2.20. The fraction of sp³-hybridized carbons (Fsp3) is 0.647. The summed E-state index contributed by atoms with van der Waals surface area (Å²) < 4.78 is 0. The minimum atomic E-state index is 0.284. The Kier molecular flexibility index (Phi) is 5.40. The Morgan fingerprint density at radius 3 is 2.11 bits per heavy atom. The molecular weight excluding hydrogens is 218 g/mol. The van der Waals surface area contributed by atoms with Gasteiger partial charge in [0.2, 0.25) is 0 Å². The van der Waals surface area contributed by atoms with Crippen LogP contribution in [0.5, 0.6) is 0 Å². The molecule has 0 amide bonds. The number of benzene rings is 1. The number of rotatable bonds is 6. The maximum absolute atomic E-state index is 2.36. The van der Waals surface area contributed by atoms with Crippen molar-refractivity contribution in [1.82, 2.24) is 4.90 Å². The molecule has 0 radical (unpaired) electrons. The standard InChI is InChI=1S/C17H29N/c1-7-14(2)12-17(3,4)16-10-8-15(9-11-16)13-18(5)6/h8-11,14H,7,12-13H2,1-6H3. The first-order valence-electron chi connectivity index (χ1n) is 7.09. The molecule has 0 N–H and O–H groups in total. The van der Waals surface area contributed by atoms with Crippen LogP contribution in [-0.4, -0.2) is 19.0 Å². The van der Waals surface area contributed by atoms with Gasteiger partial charge in [0, 0.05) is 6.54 Å². The second kappa shape index (κ2) is 6.38. The highest BCUT2D eigenvalue weighted by Gasteiger charge is 2.22. The van der Waals surface area contributed by atoms with Crippen LogP contribution in [0.3, 0.4) is 0 Å². The molecule has 1 atom stereocenters. The van der Waals surface area contributed by atoms with E-state index in [0.717, 1.165) is 12.5 Å². The quantitative estimate of drug-likeness (QED) is 0.717. The second-order valence-electron chi connectivity index (χ2n) is 6.54. The van der Waals surface area contributed by atoms with Crippen LogP contribution in [0.15, 0.2) is 24.3 Å². The van der Waals surface area contributed by atoms with Crippen LogP contribution >= 0.6 is 0 Å². The van der Waals surface area contributed by atoms with Crippen molar-refractivity contribution in [3.63, 3.8) is 0 Å². The lowest BCUT2D eigenvalue weighted by Gasteiger charge is -2.28. The maximum atomic E-state index is 2.36. The third kappa shape index (κ3) is 4.45. The predicted molar refractivity (Wildman–Crippen MR) is 80.9 cm³/mol. The highest BCUT2D eigenvalue weighted by atomic mass is 15.0. The summed E-state index contributed by atoms with van der Waals surface area (Å²) in [6, 6.07) is 9.16. The normalized spacial score (nSPS) is 13.9. The van der Waals surface area contributed by atoms with Crippen molar-refractivity contribution >= 4 is 0 Å². The van der Waals surface area contributed by atoms with E-state index >= 15 is 0 Å². The number of hydrogen-bond donors (Lipinski definition) is 0. The first-order chi connectivity index (χ1) is 8.35. The summed E-state index contributed by atoms with van der Waals surface area (Å²) in [6.45, 7) is 10.4. The van der Waals surface area contributed by atoms with Crippen molar-refractivity contribution in [2.24, 2.45) is 5.92 Å². The molecule has 0 aliphatic heterocycles. The van der Waals surface area contributed by atoms with Gasteiger partial charge in [-0.2, -0.15) is 0 Å². The van der Waals surface area contributed by atoms with E-state index in [9.17, 15) is 0 Å². The number of nitrogens with zero attached hydrogens (tertiary/aromatic N) is 1. The molecule has 0 bridgehead atoms. The molecule has 102 valence electrons. The molecule has 1 nitrogen and oxygen atoms in total. The van der Waals surface area contributed by atoms with Crippen LogP contribution in [0.4, 0.5) is 0 Å². The Morgan fingerprint density at radius 2 is 1.67 bits per heavy atom. The topological polar surface area (TPSA) is 3.24 Å². The first kappa shape index (κ1) is 15.2. The zero-order valence-corrected chi connectivity index (χ0v) is 13.0. The molecule has 1 heteroatoms. The van der Waals surface area contributed by atoms with Gasteiger partial charge in [0.25, 0.3) is 0 Å². The molecule has 0 spiro atoms. The lowest BCUT2D eigenvalue weighted by molar-refractivity contribution is 0.372.